The van der Waals surface area contributed by atoms with Crippen LogP contribution >= 0.6 is 0 Å². The molecule has 1 amide bonds. The van der Waals surface area contributed by atoms with Crippen molar-refractivity contribution in [1.82, 2.24) is 4.90 Å². The van der Waals surface area contributed by atoms with Gasteiger partial charge in [0.25, 0.3) is 5.91 Å². The van der Waals surface area contributed by atoms with Crippen LogP contribution in [-0.2, 0) is 19.8 Å². The molecule has 0 unspecified atom stereocenters. The van der Waals surface area contributed by atoms with Gasteiger partial charge in [-0.05, 0) is 23.8 Å². The number of nitrogens with zero attached hydrogens (tertiary/aromatic N) is 1. The molecule has 2 saturated heterocycles. The number of likely N-dealkylation sites (tertiary alicyclic amines) is 1. The fourth-order valence-corrected chi connectivity index (χ4v) is 4.66. The molecule has 2 aromatic carbocycles. The smallest absolute Gasteiger partial charge is 0.493 e. The highest BCUT2D eigenvalue weighted by Gasteiger charge is 2.56. The summed E-state index contributed by atoms with van der Waals surface area (Å²) in [6, 6.07) is 14.4. The van der Waals surface area contributed by atoms with Gasteiger partial charge in [-0.2, -0.15) is 0 Å². The van der Waals surface area contributed by atoms with Crippen molar-refractivity contribution in [3.8, 4) is 11.5 Å². The van der Waals surface area contributed by atoms with Gasteiger partial charge in [-0.1, -0.05) is 30.3 Å². The first-order valence-electron chi connectivity index (χ1n) is 11.3. The second kappa shape index (κ2) is 9.75. The van der Waals surface area contributed by atoms with Crippen molar-refractivity contribution in [2.24, 2.45) is 0 Å². The van der Waals surface area contributed by atoms with Crippen molar-refractivity contribution in [3.63, 3.8) is 0 Å². The molecule has 2 atom stereocenters. The number of ether oxygens (including phenoxy) is 5. The third-order valence-electron chi connectivity index (χ3n) is 6.08. The summed E-state index contributed by atoms with van der Waals surface area (Å²) >= 11 is 0. The Hall–Kier alpha value is -2.69. The largest absolute Gasteiger partial charge is 0.522 e. The first-order chi connectivity index (χ1) is 16.5. The van der Waals surface area contributed by atoms with Gasteiger partial charge in [0.15, 0.2) is 27.2 Å². The molecule has 4 rings (SSSR count). The van der Waals surface area contributed by atoms with Crippen LogP contribution in [0.25, 0.3) is 0 Å². The number of carbonyl (C=O) groups excluding carboxylic acids is 1. The Morgan fingerprint density at radius 3 is 2.57 bits per heavy atom. The molecular formula is C23H26B2F3NO6. The number of halogens is 3. The second-order valence-electron chi connectivity index (χ2n) is 8.87. The van der Waals surface area contributed by atoms with E-state index in [9.17, 15) is 18.0 Å². The van der Waals surface area contributed by atoms with Crippen molar-refractivity contribution < 1.29 is 41.7 Å². The van der Waals surface area contributed by atoms with Gasteiger partial charge in [0, 0.05) is 18.5 Å². The van der Waals surface area contributed by atoms with Gasteiger partial charge in [0.05, 0.1) is 25.8 Å². The lowest BCUT2D eigenvalue weighted by Gasteiger charge is -2.42. The number of alkyl halides is 3. The van der Waals surface area contributed by atoms with Crippen LogP contribution in [0.4, 0.5) is 13.2 Å². The average molecular weight is 491 g/mol. The van der Waals surface area contributed by atoms with Gasteiger partial charge in [-0.15, -0.1) is 13.2 Å². The Morgan fingerprint density at radius 2 is 1.89 bits per heavy atom. The molecule has 0 radical (unpaired) electrons. The summed E-state index contributed by atoms with van der Waals surface area (Å²) in [7, 11) is 5.13. The Morgan fingerprint density at radius 1 is 1.14 bits per heavy atom. The lowest BCUT2D eigenvalue weighted by Crippen LogP contribution is -2.53. The molecular weight excluding hydrogens is 465 g/mol. The molecule has 186 valence electrons. The molecule has 2 heterocycles. The summed E-state index contributed by atoms with van der Waals surface area (Å²) in [5, 5.41) is 0. The highest BCUT2D eigenvalue weighted by atomic mass is 19.4. The predicted molar refractivity (Wildman–Crippen MR) is 125 cm³/mol. The number of methoxy groups -OCH3 is 1. The minimum atomic E-state index is -4.72. The number of piperidine rings is 1. The van der Waals surface area contributed by atoms with Crippen molar-refractivity contribution in [3.05, 3.63) is 59.7 Å². The molecule has 35 heavy (non-hydrogen) atoms. The first-order valence-corrected chi connectivity index (χ1v) is 11.3. The molecule has 7 nitrogen and oxygen atoms in total. The van der Waals surface area contributed by atoms with Crippen LogP contribution in [0.15, 0.2) is 48.5 Å². The number of amides is 1. The molecule has 2 aromatic rings. The molecule has 0 aliphatic carbocycles. The third kappa shape index (κ3) is 5.60. The van der Waals surface area contributed by atoms with Gasteiger partial charge in [-0.25, -0.2) is 0 Å². The van der Waals surface area contributed by atoms with Crippen LogP contribution < -0.4 is 9.47 Å². The zero-order chi connectivity index (χ0) is 25.3. The monoisotopic (exact) mass is 491 g/mol. The maximum absolute atomic E-state index is 13.3. The van der Waals surface area contributed by atoms with E-state index in [0.717, 1.165) is 5.56 Å². The summed E-state index contributed by atoms with van der Waals surface area (Å²) in [6.07, 6.45) is -4.51. The van der Waals surface area contributed by atoms with Crippen LogP contribution in [0.2, 0.25) is 0 Å². The highest BCUT2D eigenvalue weighted by molar-refractivity contribution is 6.38. The van der Waals surface area contributed by atoms with E-state index in [0.29, 0.717) is 25.1 Å². The summed E-state index contributed by atoms with van der Waals surface area (Å²) in [5.74, 6) is 0.233. The summed E-state index contributed by atoms with van der Waals surface area (Å²) < 4.78 is 63.3. The van der Waals surface area contributed by atoms with Gasteiger partial charge in [-0.3, -0.25) is 9.53 Å². The summed E-state index contributed by atoms with van der Waals surface area (Å²) in [4.78, 5) is 15.0. The van der Waals surface area contributed by atoms with Gasteiger partial charge in [0.2, 0.25) is 0 Å². The first kappa shape index (κ1) is 25.4. The molecule has 12 heteroatoms. The van der Waals surface area contributed by atoms with Crippen LogP contribution in [-0.4, -0.2) is 78.0 Å². The van der Waals surface area contributed by atoms with E-state index in [2.05, 4.69) is 4.74 Å². The van der Waals surface area contributed by atoms with Crippen LogP contribution in [0.5, 0.6) is 11.5 Å². The minimum Gasteiger partial charge on any atom is -0.493 e. The normalized spacial score (nSPS) is 23.5. The van der Waals surface area contributed by atoms with Crippen molar-refractivity contribution in [2.75, 3.05) is 33.4 Å². The zero-order valence-corrected chi connectivity index (χ0v) is 19.8. The molecule has 0 N–H and O–H groups in total. The number of fused-ring (bicyclic) bond motifs is 1. The van der Waals surface area contributed by atoms with E-state index in [4.69, 9.17) is 18.9 Å². The Bertz CT molecular complexity index is 1060. The highest BCUT2D eigenvalue weighted by Crippen LogP contribution is 2.47. The van der Waals surface area contributed by atoms with Crippen LogP contribution in [0.1, 0.15) is 22.3 Å². The molecule has 2 aliphatic rings. The van der Waals surface area contributed by atoms with E-state index < -0.39 is 24.2 Å². The Balaban J connectivity index is 1.46. The average Bonchev–Trinajstić information content (AvgIpc) is 3.11. The maximum Gasteiger partial charge on any atom is 0.522 e. The van der Waals surface area contributed by atoms with E-state index in [1.54, 1.807) is 11.0 Å². The van der Waals surface area contributed by atoms with Crippen molar-refractivity contribution >= 4 is 21.6 Å². The fourth-order valence-electron chi connectivity index (χ4n) is 4.66. The van der Waals surface area contributed by atoms with E-state index in [1.165, 1.54) is 19.2 Å². The predicted octanol–water partition coefficient (Wildman–Crippen LogP) is 1.64. The SMILES string of the molecule is BC1(B)O[C@@H]2CN(C(=O)c3ccc(OCCOC(F)(F)F)c(OC)c3)CC[C@]2(c2ccccc2)O1. The fraction of sp³-hybridized carbons (Fsp3) is 0.435. The quantitative estimate of drug-likeness (QED) is 0.434. The lowest BCUT2D eigenvalue weighted by atomic mass is 9.76. The van der Waals surface area contributed by atoms with E-state index in [-0.39, 0.29) is 30.1 Å². The van der Waals surface area contributed by atoms with E-state index >= 15 is 0 Å². The van der Waals surface area contributed by atoms with E-state index in [1.807, 2.05) is 46.0 Å². The van der Waals surface area contributed by atoms with Gasteiger partial charge < -0.3 is 23.8 Å². The van der Waals surface area contributed by atoms with Crippen molar-refractivity contribution in [1.29, 1.82) is 0 Å². The minimum absolute atomic E-state index is 0.214. The summed E-state index contributed by atoms with van der Waals surface area (Å²) in [6.45, 7) is -0.193. The van der Waals surface area contributed by atoms with Gasteiger partial charge in [0.1, 0.15) is 18.3 Å². The second-order valence-corrected chi connectivity index (χ2v) is 8.87. The number of rotatable bonds is 7. The van der Waals surface area contributed by atoms with Gasteiger partial charge >= 0.3 is 6.36 Å². The van der Waals surface area contributed by atoms with Crippen molar-refractivity contribution in [2.45, 2.75) is 30.1 Å². The summed E-state index contributed by atoms with van der Waals surface area (Å²) in [5.41, 5.74) is -0.0565. The lowest BCUT2D eigenvalue weighted by molar-refractivity contribution is -0.325. The standard InChI is InChI=1S/C23H26B2F3NO6/c1-31-18-13-15(7-8-17(18)32-11-12-33-23(26,27)28)20(30)29-10-9-21(16-5-3-2-4-6-16)19(14-29)34-22(24,25)35-21/h2-8,13,19H,9-12,14,24-25H2,1H3/t19-,21-/m1/s1. The van der Waals surface area contributed by atoms with Crippen LogP contribution in [0, 0.1) is 0 Å². The topological polar surface area (TPSA) is 66.5 Å². The van der Waals surface area contributed by atoms with Crippen LogP contribution in [0.3, 0.4) is 0 Å². The molecule has 0 aromatic heterocycles. The third-order valence-corrected chi connectivity index (χ3v) is 6.08. The molecule has 0 spiro atoms. The molecule has 2 aliphatic heterocycles. The number of carbonyl (C=O) groups is 1. The molecule has 0 saturated carbocycles. The number of hydrogen-bond donors (Lipinski definition) is 0. The Labute approximate surface area is 203 Å². The maximum atomic E-state index is 13.3. The molecule has 0 bridgehead atoms. The molecule has 2 fully saturated rings. The Kier molecular flexibility index (Phi) is 7.08. The zero-order valence-electron chi connectivity index (χ0n) is 19.8. The number of benzene rings is 2. The number of hydrogen-bond acceptors (Lipinski definition) is 6.